The van der Waals surface area contributed by atoms with E-state index in [4.69, 9.17) is 9.47 Å². The van der Waals surface area contributed by atoms with Crippen molar-refractivity contribution in [1.82, 2.24) is 9.80 Å². The number of carbonyl (C=O) groups is 1. The van der Waals surface area contributed by atoms with E-state index >= 15 is 0 Å². The lowest BCUT2D eigenvalue weighted by molar-refractivity contribution is -0.0711. The number of methoxy groups -OCH3 is 1. The molecule has 0 aliphatic carbocycles. The number of hydrogen-bond donors (Lipinski definition) is 0. The lowest BCUT2D eigenvalue weighted by Gasteiger charge is -2.39. The zero-order chi connectivity index (χ0) is 20.5. The molecule has 1 unspecified atom stereocenters. The van der Waals surface area contributed by atoms with Crippen molar-refractivity contribution in [2.45, 2.75) is 26.0 Å². The van der Waals surface area contributed by atoms with Gasteiger partial charge in [-0.15, -0.1) is 0 Å². The van der Waals surface area contributed by atoms with E-state index in [0.717, 1.165) is 50.5 Å². The largest absolute Gasteiger partial charge is 0.497 e. The van der Waals surface area contributed by atoms with E-state index in [1.54, 1.807) is 7.11 Å². The monoisotopic (exact) mass is 396 g/mol. The van der Waals surface area contributed by atoms with Gasteiger partial charge in [-0.1, -0.05) is 30.3 Å². The molecule has 1 heterocycles. The van der Waals surface area contributed by atoms with Gasteiger partial charge in [0.15, 0.2) is 5.78 Å². The molecular formula is C24H32N2O3. The van der Waals surface area contributed by atoms with Crippen LogP contribution in [0.25, 0.3) is 0 Å². The predicted molar refractivity (Wildman–Crippen MR) is 116 cm³/mol. The highest BCUT2D eigenvalue weighted by Gasteiger charge is 2.24. The standard InChI is InChI=1S/C24H32N2O3/c1-3-29-24(19-20-7-5-4-6-8-20)26-17-15-25(16-18-26)14-13-23(27)21-9-11-22(28-2)12-10-21/h4-12,24H,3,13-19H2,1-2H3. The molecule has 1 saturated heterocycles. The minimum absolute atomic E-state index is 0.116. The summed E-state index contributed by atoms with van der Waals surface area (Å²) < 4.78 is 11.2. The highest BCUT2D eigenvalue weighted by molar-refractivity contribution is 5.96. The number of rotatable bonds is 10. The van der Waals surface area contributed by atoms with Gasteiger partial charge < -0.3 is 14.4 Å². The van der Waals surface area contributed by atoms with E-state index in [2.05, 4.69) is 41.0 Å². The molecule has 0 bridgehead atoms. The third-order valence-corrected chi connectivity index (χ3v) is 5.49. The molecule has 0 amide bonds. The molecule has 2 aromatic carbocycles. The fourth-order valence-corrected chi connectivity index (χ4v) is 3.76. The summed E-state index contributed by atoms with van der Waals surface area (Å²) in [6.07, 6.45) is 1.57. The van der Waals surface area contributed by atoms with Crippen LogP contribution in [0.2, 0.25) is 0 Å². The summed E-state index contributed by atoms with van der Waals surface area (Å²) >= 11 is 0. The van der Waals surface area contributed by atoms with Crippen molar-refractivity contribution in [3.05, 3.63) is 65.7 Å². The quantitative estimate of drug-likeness (QED) is 0.575. The van der Waals surface area contributed by atoms with Crippen LogP contribution in [0, 0.1) is 0 Å². The Bertz CT molecular complexity index is 740. The van der Waals surface area contributed by atoms with Gasteiger partial charge in [0, 0.05) is 57.7 Å². The molecule has 0 N–H and O–H groups in total. The van der Waals surface area contributed by atoms with Gasteiger partial charge in [-0.05, 0) is 36.8 Å². The molecule has 0 spiro atoms. The van der Waals surface area contributed by atoms with Crippen LogP contribution in [0.3, 0.4) is 0 Å². The minimum Gasteiger partial charge on any atom is -0.497 e. The van der Waals surface area contributed by atoms with Gasteiger partial charge in [0.25, 0.3) is 0 Å². The Morgan fingerprint density at radius 3 is 2.31 bits per heavy atom. The zero-order valence-electron chi connectivity index (χ0n) is 17.5. The third kappa shape index (κ3) is 6.39. The van der Waals surface area contributed by atoms with Crippen LogP contribution in [-0.2, 0) is 11.2 Å². The first-order valence-electron chi connectivity index (χ1n) is 10.5. The molecule has 156 valence electrons. The topological polar surface area (TPSA) is 42.0 Å². The van der Waals surface area contributed by atoms with Crippen molar-refractivity contribution >= 4 is 5.78 Å². The molecule has 1 aliphatic rings. The summed E-state index contributed by atoms with van der Waals surface area (Å²) in [5, 5.41) is 0. The van der Waals surface area contributed by atoms with Crippen LogP contribution >= 0.6 is 0 Å². The fourth-order valence-electron chi connectivity index (χ4n) is 3.76. The van der Waals surface area contributed by atoms with E-state index in [1.165, 1.54) is 5.56 Å². The van der Waals surface area contributed by atoms with Gasteiger partial charge in [-0.3, -0.25) is 9.69 Å². The third-order valence-electron chi connectivity index (χ3n) is 5.49. The molecule has 0 aromatic heterocycles. The normalized spacial score (nSPS) is 16.5. The molecule has 29 heavy (non-hydrogen) atoms. The van der Waals surface area contributed by atoms with Crippen molar-refractivity contribution < 1.29 is 14.3 Å². The predicted octanol–water partition coefficient (Wildman–Crippen LogP) is 3.49. The minimum atomic E-state index is 0.116. The SMILES string of the molecule is CCOC(Cc1ccccc1)N1CCN(CCC(=O)c2ccc(OC)cc2)CC1. The highest BCUT2D eigenvalue weighted by atomic mass is 16.5. The first-order chi connectivity index (χ1) is 14.2. The smallest absolute Gasteiger partial charge is 0.164 e. The molecule has 0 saturated carbocycles. The molecule has 0 radical (unpaired) electrons. The van der Waals surface area contributed by atoms with Gasteiger partial charge in [-0.25, -0.2) is 0 Å². The lowest BCUT2D eigenvalue weighted by Crippen LogP contribution is -2.52. The summed E-state index contributed by atoms with van der Waals surface area (Å²) in [7, 11) is 1.63. The van der Waals surface area contributed by atoms with E-state index in [9.17, 15) is 4.79 Å². The van der Waals surface area contributed by atoms with Gasteiger partial charge in [-0.2, -0.15) is 0 Å². The second kappa shape index (κ2) is 11.1. The van der Waals surface area contributed by atoms with E-state index in [0.29, 0.717) is 13.0 Å². The molecule has 5 nitrogen and oxygen atoms in total. The van der Waals surface area contributed by atoms with Crippen LogP contribution in [0.5, 0.6) is 5.75 Å². The Morgan fingerprint density at radius 2 is 1.69 bits per heavy atom. The molecular weight excluding hydrogens is 364 g/mol. The van der Waals surface area contributed by atoms with Gasteiger partial charge in [0.1, 0.15) is 12.0 Å². The van der Waals surface area contributed by atoms with Crippen molar-refractivity contribution in [2.24, 2.45) is 0 Å². The van der Waals surface area contributed by atoms with E-state index < -0.39 is 0 Å². The Kier molecular flexibility index (Phi) is 8.23. The first kappa shape index (κ1) is 21.5. The molecule has 1 aliphatic heterocycles. The maximum absolute atomic E-state index is 12.4. The summed E-state index contributed by atoms with van der Waals surface area (Å²) in [5.41, 5.74) is 2.06. The average Bonchev–Trinajstić information content (AvgIpc) is 2.78. The first-order valence-corrected chi connectivity index (χ1v) is 10.5. The number of Topliss-reactive ketones (excluding diaryl/α,β-unsaturated/α-hetero) is 1. The maximum atomic E-state index is 12.4. The van der Waals surface area contributed by atoms with E-state index in [-0.39, 0.29) is 12.0 Å². The molecule has 3 rings (SSSR count). The fraction of sp³-hybridized carbons (Fsp3) is 0.458. The maximum Gasteiger partial charge on any atom is 0.164 e. The molecule has 5 heteroatoms. The van der Waals surface area contributed by atoms with Gasteiger partial charge >= 0.3 is 0 Å². The van der Waals surface area contributed by atoms with Crippen molar-refractivity contribution in [2.75, 3.05) is 46.4 Å². The number of carbonyl (C=O) groups excluding carboxylic acids is 1. The second-order valence-electron chi connectivity index (χ2n) is 7.38. The van der Waals surface area contributed by atoms with Gasteiger partial charge in [0.2, 0.25) is 0 Å². The van der Waals surface area contributed by atoms with Crippen molar-refractivity contribution in [3.63, 3.8) is 0 Å². The van der Waals surface area contributed by atoms with Crippen molar-refractivity contribution in [1.29, 1.82) is 0 Å². The van der Waals surface area contributed by atoms with Crippen LogP contribution in [0.4, 0.5) is 0 Å². The van der Waals surface area contributed by atoms with Crippen LogP contribution < -0.4 is 4.74 Å². The number of nitrogens with zero attached hydrogens (tertiary/aromatic N) is 2. The summed E-state index contributed by atoms with van der Waals surface area (Å²) in [6.45, 7) is 7.44. The zero-order valence-corrected chi connectivity index (χ0v) is 17.5. The van der Waals surface area contributed by atoms with Crippen LogP contribution in [-0.4, -0.2) is 68.3 Å². The second-order valence-corrected chi connectivity index (χ2v) is 7.38. The highest BCUT2D eigenvalue weighted by Crippen LogP contribution is 2.15. The van der Waals surface area contributed by atoms with Crippen LogP contribution in [0.1, 0.15) is 29.3 Å². The molecule has 1 fully saturated rings. The Balaban J connectivity index is 1.45. The molecule has 2 aromatic rings. The Labute approximate surface area is 174 Å². The number of piperazine rings is 1. The van der Waals surface area contributed by atoms with Crippen LogP contribution in [0.15, 0.2) is 54.6 Å². The Morgan fingerprint density at radius 1 is 1.00 bits per heavy atom. The number of ketones is 1. The summed E-state index contributed by atoms with van der Waals surface area (Å²) in [4.78, 5) is 17.3. The lowest BCUT2D eigenvalue weighted by atomic mass is 10.1. The Hall–Kier alpha value is -2.21. The number of hydrogen-bond acceptors (Lipinski definition) is 5. The number of benzene rings is 2. The van der Waals surface area contributed by atoms with Crippen molar-refractivity contribution in [3.8, 4) is 5.75 Å². The number of ether oxygens (including phenoxy) is 2. The average molecular weight is 397 g/mol. The summed E-state index contributed by atoms with van der Waals surface area (Å²) in [5.74, 6) is 0.961. The van der Waals surface area contributed by atoms with E-state index in [1.807, 2.05) is 30.3 Å². The summed E-state index contributed by atoms with van der Waals surface area (Å²) in [6, 6.07) is 17.9. The van der Waals surface area contributed by atoms with Gasteiger partial charge in [0.05, 0.1) is 7.11 Å². The molecule has 1 atom stereocenters.